The van der Waals surface area contributed by atoms with Gasteiger partial charge in [0.15, 0.2) is 0 Å². The smallest absolute Gasteiger partial charge is 0.250 e. The summed E-state index contributed by atoms with van der Waals surface area (Å²) in [6.45, 7) is 6.77. The molecule has 0 radical (unpaired) electrons. The van der Waals surface area contributed by atoms with Crippen molar-refractivity contribution in [3.8, 4) is 11.1 Å². The van der Waals surface area contributed by atoms with Gasteiger partial charge in [-0.2, -0.15) is 0 Å². The predicted molar refractivity (Wildman–Crippen MR) is 136 cm³/mol. The number of hydrogen-bond donors (Lipinski definition) is 1. The number of benzene rings is 2. The first-order valence-corrected chi connectivity index (χ1v) is 12.0. The van der Waals surface area contributed by atoms with Crippen molar-refractivity contribution in [3.63, 3.8) is 0 Å². The minimum atomic E-state index is -0.400. The number of nitrogens with zero attached hydrogens (tertiary/aromatic N) is 2. The molecule has 0 atom stereocenters. The molecule has 168 valence electrons. The van der Waals surface area contributed by atoms with E-state index in [0.29, 0.717) is 17.1 Å². The van der Waals surface area contributed by atoms with Crippen molar-refractivity contribution in [3.05, 3.63) is 100 Å². The molecule has 4 aromatic rings. The van der Waals surface area contributed by atoms with E-state index in [2.05, 4.69) is 41.6 Å². The van der Waals surface area contributed by atoms with Gasteiger partial charge in [0.1, 0.15) is 0 Å². The Morgan fingerprint density at radius 2 is 1.76 bits per heavy atom. The molecule has 2 aromatic carbocycles. The molecule has 0 saturated heterocycles. The molecule has 0 spiro atoms. The maximum atomic E-state index is 12.5. The van der Waals surface area contributed by atoms with Crippen LogP contribution in [0.3, 0.4) is 0 Å². The van der Waals surface area contributed by atoms with Gasteiger partial charge < -0.3 is 10.3 Å². The molecule has 4 rings (SSSR count). The van der Waals surface area contributed by atoms with E-state index in [1.807, 2.05) is 49.4 Å². The number of primary amides is 1. The molecule has 0 saturated carbocycles. The van der Waals surface area contributed by atoms with Crippen LogP contribution in [0.25, 0.3) is 11.1 Å². The van der Waals surface area contributed by atoms with E-state index in [1.165, 1.54) is 0 Å². The average Bonchev–Trinajstić information content (AvgIpc) is 3.06. The summed E-state index contributed by atoms with van der Waals surface area (Å²) in [7, 11) is 0. The zero-order valence-electron chi connectivity index (χ0n) is 18.9. The van der Waals surface area contributed by atoms with Crippen molar-refractivity contribution in [2.75, 3.05) is 0 Å². The van der Waals surface area contributed by atoms with Crippen LogP contribution in [0.2, 0.25) is 5.02 Å². The maximum Gasteiger partial charge on any atom is 0.250 e. The lowest BCUT2D eigenvalue weighted by Crippen LogP contribution is -2.14. The maximum absolute atomic E-state index is 12.5. The summed E-state index contributed by atoms with van der Waals surface area (Å²) < 4.78 is 2.18. The lowest BCUT2D eigenvalue weighted by atomic mass is 10.0. The largest absolute Gasteiger partial charge is 0.366 e. The number of pyridine rings is 1. The average molecular weight is 476 g/mol. The van der Waals surface area contributed by atoms with Crippen LogP contribution in [0.4, 0.5) is 0 Å². The minimum absolute atomic E-state index is 0.125. The Morgan fingerprint density at radius 1 is 1.06 bits per heavy atom. The highest BCUT2D eigenvalue weighted by Gasteiger charge is 2.26. The molecule has 0 fully saturated rings. The number of hydrogen-bond acceptors (Lipinski definition) is 3. The third kappa shape index (κ3) is 5.00. The van der Waals surface area contributed by atoms with Crippen molar-refractivity contribution < 1.29 is 4.79 Å². The monoisotopic (exact) mass is 475 g/mol. The zero-order chi connectivity index (χ0) is 23.5. The van der Waals surface area contributed by atoms with Crippen LogP contribution in [0, 0.1) is 6.92 Å². The first-order chi connectivity index (χ1) is 15.8. The third-order valence-electron chi connectivity index (χ3n) is 5.62. The first kappa shape index (κ1) is 23.1. The molecular weight excluding hydrogens is 450 g/mol. The molecular formula is C27H26ClN3OS. The summed E-state index contributed by atoms with van der Waals surface area (Å²) >= 11 is 8.14. The fourth-order valence-electron chi connectivity index (χ4n) is 4.08. The van der Waals surface area contributed by atoms with Gasteiger partial charge in [-0.1, -0.05) is 67.5 Å². The van der Waals surface area contributed by atoms with E-state index in [1.54, 1.807) is 24.2 Å². The molecule has 0 unspecified atom stereocenters. The Kier molecular flexibility index (Phi) is 6.91. The highest BCUT2D eigenvalue weighted by atomic mass is 35.5. The molecule has 33 heavy (non-hydrogen) atoms. The van der Waals surface area contributed by atoms with Crippen molar-refractivity contribution in [2.45, 2.75) is 43.2 Å². The lowest BCUT2D eigenvalue weighted by Gasteiger charge is -2.15. The highest BCUT2D eigenvalue weighted by molar-refractivity contribution is 7.99. The standard InChI is InChI=1S/C27H26ClN3OS/c1-17(2)24-25(26(29)32)18(3)31(16-19-9-11-30-12-10-19)27(24)33-23-14-21(13-22(28)15-23)20-7-5-4-6-8-20/h4-15,17H,16H2,1-3H3,(H2,29,32). The normalized spacial score (nSPS) is 11.2. The molecule has 4 nitrogen and oxygen atoms in total. The Morgan fingerprint density at radius 3 is 2.39 bits per heavy atom. The Labute approximate surface area is 203 Å². The highest BCUT2D eigenvalue weighted by Crippen LogP contribution is 2.41. The number of rotatable bonds is 7. The molecule has 0 aliphatic carbocycles. The molecule has 0 aliphatic heterocycles. The van der Waals surface area contributed by atoms with Crippen LogP contribution in [-0.4, -0.2) is 15.5 Å². The Bertz CT molecular complexity index is 1280. The molecule has 2 aromatic heterocycles. The van der Waals surface area contributed by atoms with Crippen molar-refractivity contribution in [1.82, 2.24) is 9.55 Å². The van der Waals surface area contributed by atoms with Gasteiger partial charge >= 0.3 is 0 Å². The van der Waals surface area contributed by atoms with E-state index in [0.717, 1.165) is 37.9 Å². The fourth-order valence-corrected chi connectivity index (χ4v) is 5.74. The molecule has 2 N–H and O–H groups in total. The SMILES string of the molecule is Cc1c(C(N)=O)c(C(C)C)c(Sc2cc(Cl)cc(-c3ccccc3)c2)n1Cc1ccncc1. The number of carbonyl (C=O) groups excluding carboxylic acids is 1. The topological polar surface area (TPSA) is 60.9 Å². The van der Waals surface area contributed by atoms with Crippen LogP contribution >= 0.6 is 23.4 Å². The molecule has 0 aliphatic rings. The van der Waals surface area contributed by atoms with Crippen LogP contribution in [0.15, 0.2) is 83.0 Å². The van der Waals surface area contributed by atoms with Crippen molar-refractivity contribution in [1.29, 1.82) is 0 Å². The zero-order valence-corrected chi connectivity index (χ0v) is 20.5. The summed E-state index contributed by atoms with van der Waals surface area (Å²) in [5, 5.41) is 1.68. The number of carbonyl (C=O) groups is 1. The van der Waals surface area contributed by atoms with Gasteiger partial charge in [0.25, 0.3) is 5.91 Å². The van der Waals surface area contributed by atoms with Gasteiger partial charge in [-0.15, -0.1) is 0 Å². The van der Waals surface area contributed by atoms with Crippen molar-refractivity contribution in [2.24, 2.45) is 5.73 Å². The fraction of sp³-hybridized carbons (Fsp3) is 0.185. The predicted octanol–water partition coefficient (Wildman–Crippen LogP) is 6.93. The summed E-state index contributed by atoms with van der Waals surface area (Å²) in [6, 6.07) is 20.2. The summed E-state index contributed by atoms with van der Waals surface area (Å²) in [4.78, 5) is 17.6. The van der Waals surface area contributed by atoms with Crippen LogP contribution in [0.5, 0.6) is 0 Å². The van der Waals surface area contributed by atoms with Crippen molar-refractivity contribution >= 4 is 29.3 Å². The number of nitrogens with two attached hydrogens (primary N) is 1. The lowest BCUT2D eigenvalue weighted by molar-refractivity contribution is 0.0998. The molecule has 1 amide bonds. The quantitative estimate of drug-likeness (QED) is 0.315. The van der Waals surface area contributed by atoms with E-state index in [-0.39, 0.29) is 5.92 Å². The van der Waals surface area contributed by atoms with Gasteiger partial charge in [-0.3, -0.25) is 9.78 Å². The van der Waals surface area contributed by atoms with Gasteiger partial charge in [-0.25, -0.2) is 0 Å². The third-order valence-corrected chi connectivity index (χ3v) is 6.94. The van der Waals surface area contributed by atoms with E-state index >= 15 is 0 Å². The minimum Gasteiger partial charge on any atom is -0.366 e. The summed E-state index contributed by atoms with van der Waals surface area (Å²) in [5.41, 5.74) is 11.6. The number of halogens is 1. The van der Waals surface area contributed by atoms with Gasteiger partial charge in [0.2, 0.25) is 0 Å². The summed E-state index contributed by atoms with van der Waals surface area (Å²) in [6.07, 6.45) is 3.56. The molecule has 6 heteroatoms. The summed E-state index contributed by atoms with van der Waals surface area (Å²) in [5.74, 6) is -0.275. The Hall–Kier alpha value is -3.02. The van der Waals surface area contributed by atoms with Crippen LogP contribution in [-0.2, 0) is 6.54 Å². The second-order valence-corrected chi connectivity index (χ2v) is 9.78. The first-order valence-electron chi connectivity index (χ1n) is 10.8. The molecule has 2 heterocycles. The van der Waals surface area contributed by atoms with Gasteiger partial charge in [0.05, 0.1) is 10.6 Å². The Balaban J connectivity index is 1.85. The van der Waals surface area contributed by atoms with Crippen LogP contribution < -0.4 is 5.73 Å². The number of amides is 1. The van der Waals surface area contributed by atoms with Gasteiger partial charge in [-0.05, 0) is 65.4 Å². The van der Waals surface area contributed by atoms with E-state index in [9.17, 15) is 4.79 Å². The number of aromatic nitrogens is 2. The van der Waals surface area contributed by atoms with Gasteiger partial charge in [0, 0.05) is 34.6 Å². The van der Waals surface area contributed by atoms with E-state index in [4.69, 9.17) is 17.3 Å². The molecule has 0 bridgehead atoms. The second-order valence-electron chi connectivity index (χ2n) is 8.28. The van der Waals surface area contributed by atoms with E-state index < -0.39 is 5.91 Å². The second kappa shape index (κ2) is 9.86. The van der Waals surface area contributed by atoms with Crippen LogP contribution in [0.1, 0.15) is 46.9 Å².